The maximum atomic E-state index is 2.52. The second kappa shape index (κ2) is 17.2. The number of rotatable bonds is 7. The van der Waals surface area contributed by atoms with Gasteiger partial charge in [-0.05, 0) is 147 Å². The van der Waals surface area contributed by atoms with E-state index in [1.807, 2.05) is 0 Å². The highest BCUT2D eigenvalue weighted by molar-refractivity contribution is 5.92. The summed E-state index contributed by atoms with van der Waals surface area (Å²) >= 11 is 0. The molecule has 0 bridgehead atoms. The summed E-state index contributed by atoms with van der Waals surface area (Å²) in [7, 11) is 0. The van der Waals surface area contributed by atoms with Crippen molar-refractivity contribution in [3.05, 3.63) is 279 Å². The molecule has 1 nitrogen and oxygen atoms in total. The lowest BCUT2D eigenvalue weighted by Gasteiger charge is -2.36. The number of fused-ring (bicyclic) bond motifs is 6. The topological polar surface area (TPSA) is 3.24 Å². The lowest BCUT2D eigenvalue weighted by Crippen LogP contribution is -2.29. The Balaban J connectivity index is 1.17. The van der Waals surface area contributed by atoms with Gasteiger partial charge in [0.2, 0.25) is 0 Å². The van der Waals surface area contributed by atoms with Crippen molar-refractivity contribution in [2.24, 2.45) is 0 Å². The average Bonchev–Trinajstić information content (AvgIpc) is 3.84. The van der Waals surface area contributed by atoms with Crippen LogP contribution in [0.25, 0.3) is 22.3 Å². The standard InChI is InChI=1S/C72H71N/c1-67(2,3)48-26-34-52(35-27-48)71(53-36-28-49(29-37-53)68(4,5)6)63-24-18-16-22-59(63)61-44-42-57(46-65(61)71)73(56-20-14-13-15-21-56)58-43-45-62-60-23-17-19-25-64(60)72(66(62)47-58,54-38-30-50(31-39-54)69(7,8)9)55-40-32-51(33-41-55)70(10,11)12/h13-47H,1-12H3. The van der Waals surface area contributed by atoms with E-state index in [-0.39, 0.29) is 21.7 Å². The van der Waals surface area contributed by atoms with Gasteiger partial charge in [-0.2, -0.15) is 0 Å². The van der Waals surface area contributed by atoms with E-state index in [0.29, 0.717) is 0 Å². The molecule has 1 heteroatoms. The van der Waals surface area contributed by atoms with Gasteiger partial charge in [-0.15, -0.1) is 0 Å². The normalized spacial score (nSPS) is 14.5. The molecule has 0 aromatic heterocycles. The Morgan fingerprint density at radius 3 is 0.822 bits per heavy atom. The summed E-state index contributed by atoms with van der Waals surface area (Å²) < 4.78 is 0. The van der Waals surface area contributed by atoms with Gasteiger partial charge in [0.25, 0.3) is 0 Å². The third-order valence-corrected chi connectivity index (χ3v) is 16.3. The zero-order chi connectivity index (χ0) is 51.3. The van der Waals surface area contributed by atoms with Crippen LogP contribution in [0.5, 0.6) is 0 Å². The fourth-order valence-electron chi connectivity index (χ4n) is 12.3. The largest absolute Gasteiger partial charge is 0.310 e. The highest BCUT2D eigenvalue weighted by Gasteiger charge is 2.48. The zero-order valence-corrected chi connectivity index (χ0v) is 45.2. The minimum Gasteiger partial charge on any atom is -0.310 e. The summed E-state index contributed by atoms with van der Waals surface area (Å²) in [5, 5.41) is 0. The monoisotopic (exact) mass is 950 g/mol. The first-order chi connectivity index (χ1) is 34.7. The Morgan fingerprint density at radius 1 is 0.247 bits per heavy atom. The summed E-state index contributed by atoms with van der Waals surface area (Å²) in [5.41, 5.74) is 23.0. The van der Waals surface area contributed by atoms with Crippen LogP contribution in [0.3, 0.4) is 0 Å². The lowest BCUT2D eigenvalue weighted by atomic mass is 9.66. The quantitative estimate of drug-likeness (QED) is 0.154. The lowest BCUT2D eigenvalue weighted by molar-refractivity contribution is 0.588. The fourth-order valence-corrected chi connectivity index (χ4v) is 12.3. The van der Waals surface area contributed by atoms with Crippen molar-refractivity contribution in [2.45, 2.75) is 116 Å². The molecule has 0 saturated heterocycles. The predicted octanol–water partition coefficient (Wildman–Crippen LogP) is 19.1. The minimum atomic E-state index is -0.579. The molecule has 0 saturated carbocycles. The van der Waals surface area contributed by atoms with Gasteiger partial charge >= 0.3 is 0 Å². The van der Waals surface area contributed by atoms with Gasteiger partial charge in [0.1, 0.15) is 0 Å². The molecule has 9 aromatic rings. The van der Waals surface area contributed by atoms with Crippen LogP contribution in [0.1, 0.15) is 150 Å². The molecule has 0 fully saturated rings. The van der Waals surface area contributed by atoms with Crippen molar-refractivity contribution in [1.82, 2.24) is 0 Å². The summed E-state index contributed by atoms with van der Waals surface area (Å²) in [6, 6.07) is 82.0. The molecule has 0 N–H and O–H groups in total. The van der Waals surface area contributed by atoms with Crippen molar-refractivity contribution >= 4 is 17.1 Å². The Kier molecular flexibility index (Phi) is 11.3. The molecule has 0 amide bonds. The van der Waals surface area contributed by atoms with Gasteiger partial charge in [-0.1, -0.05) is 259 Å². The Labute approximate surface area is 436 Å². The summed E-state index contributed by atoms with van der Waals surface area (Å²) in [6.45, 7) is 27.7. The van der Waals surface area contributed by atoms with Gasteiger partial charge in [0.15, 0.2) is 0 Å². The summed E-state index contributed by atoms with van der Waals surface area (Å²) in [4.78, 5) is 2.50. The molecule has 0 heterocycles. The van der Waals surface area contributed by atoms with Crippen molar-refractivity contribution in [3.63, 3.8) is 0 Å². The zero-order valence-electron chi connectivity index (χ0n) is 45.2. The molecule has 0 atom stereocenters. The number of benzene rings is 9. The van der Waals surface area contributed by atoms with E-state index < -0.39 is 10.8 Å². The van der Waals surface area contributed by atoms with Crippen LogP contribution in [0.4, 0.5) is 17.1 Å². The summed E-state index contributed by atoms with van der Waals surface area (Å²) in [6.07, 6.45) is 0. The third-order valence-electron chi connectivity index (χ3n) is 16.3. The SMILES string of the molecule is CC(C)(C)c1ccc(C2(c3ccc(C(C)(C)C)cc3)c3ccccc3-c3ccc(N(c4ccccc4)c4ccc5c(c4)C(c4ccc(C(C)(C)C)cc4)(c4ccc(C(C)(C)C)cc4)c4ccccc4-5)cc32)cc1. The number of para-hydroxylation sites is 1. The van der Waals surface area contributed by atoms with E-state index in [9.17, 15) is 0 Å². The Hall–Kier alpha value is -7.22. The molecule has 73 heavy (non-hydrogen) atoms. The maximum absolute atomic E-state index is 2.52. The summed E-state index contributed by atoms with van der Waals surface area (Å²) in [5.74, 6) is 0. The van der Waals surface area contributed by atoms with Crippen LogP contribution < -0.4 is 4.90 Å². The second-order valence-corrected chi connectivity index (χ2v) is 25.0. The van der Waals surface area contributed by atoms with Crippen LogP contribution >= 0.6 is 0 Å². The first-order valence-corrected chi connectivity index (χ1v) is 26.5. The van der Waals surface area contributed by atoms with E-state index in [1.54, 1.807) is 0 Å². The van der Waals surface area contributed by atoms with Crippen LogP contribution in [0.15, 0.2) is 212 Å². The van der Waals surface area contributed by atoms with E-state index in [2.05, 4.69) is 300 Å². The highest BCUT2D eigenvalue weighted by Crippen LogP contribution is 2.60. The van der Waals surface area contributed by atoms with Gasteiger partial charge < -0.3 is 4.90 Å². The number of hydrogen-bond donors (Lipinski definition) is 0. The molecule has 9 aromatic carbocycles. The van der Waals surface area contributed by atoms with Crippen LogP contribution in [-0.4, -0.2) is 0 Å². The van der Waals surface area contributed by atoms with Crippen molar-refractivity contribution in [2.75, 3.05) is 4.90 Å². The maximum Gasteiger partial charge on any atom is 0.0714 e. The van der Waals surface area contributed by atoms with E-state index in [0.717, 1.165) is 17.1 Å². The Bertz CT molecular complexity index is 3160. The molecule has 0 spiro atoms. The van der Waals surface area contributed by atoms with Crippen LogP contribution in [0, 0.1) is 0 Å². The Morgan fingerprint density at radius 2 is 0.521 bits per heavy atom. The van der Waals surface area contributed by atoms with E-state index >= 15 is 0 Å². The number of nitrogens with zero attached hydrogens (tertiary/aromatic N) is 1. The van der Waals surface area contributed by atoms with E-state index in [4.69, 9.17) is 0 Å². The highest BCUT2D eigenvalue weighted by atomic mass is 15.1. The number of hydrogen-bond acceptors (Lipinski definition) is 1. The van der Waals surface area contributed by atoms with E-state index in [1.165, 1.54) is 89.0 Å². The smallest absolute Gasteiger partial charge is 0.0714 e. The molecule has 2 aliphatic carbocycles. The van der Waals surface area contributed by atoms with Crippen LogP contribution in [-0.2, 0) is 32.5 Å². The molecule has 0 unspecified atom stereocenters. The van der Waals surface area contributed by atoms with Crippen molar-refractivity contribution < 1.29 is 0 Å². The molecule has 0 radical (unpaired) electrons. The molecular formula is C72H71N. The van der Waals surface area contributed by atoms with Crippen molar-refractivity contribution in [1.29, 1.82) is 0 Å². The predicted molar refractivity (Wildman–Crippen MR) is 311 cm³/mol. The molecular weight excluding hydrogens is 879 g/mol. The molecule has 2 aliphatic rings. The fraction of sp³-hybridized carbons (Fsp3) is 0.250. The van der Waals surface area contributed by atoms with Gasteiger partial charge in [0.05, 0.1) is 10.8 Å². The third kappa shape index (κ3) is 7.81. The van der Waals surface area contributed by atoms with Crippen LogP contribution in [0.2, 0.25) is 0 Å². The average molecular weight is 950 g/mol. The van der Waals surface area contributed by atoms with Crippen molar-refractivity contribution in [3.8, 4) is 22.3 Å². The number of anilines is 3. The molecule has 0 aliphatic heterocycles. The molecule has 11 rings (SSSR count). The van der Waals surface area contributed by atoms with Gasteiger partial charge in [-0.3, -0.25) is 0 Å². The molecule has 364 valence electrons. The second-order valence-electron chi connectivity index (χ2n) is 25.0. The minimum absolute atomic E-state index is 0.0233. The van der Waals surface area contributed by atoms with Gasteiger partial charge in [0, 0.05) is 17.1 Å². The van der Waals surface area contributed by atoms with Gasteiger partial charge in [-0.25, -0.2) is 0 Å². The first-order valence-electron chi connectivity index (χ1n) is 26.5. The first kappa shape index (κ1) is 48.1.